The monoisotopic (exact) mass is 275 g/mol. The summed E-state index contributed by atoms with van der Waals surface area (Å²) >= 11 is 0. The molecule has 2 aromatic heterocycles. The lowest BCUT2D eigenvalue weighted by molar-refractivity contribution is 0.406. The third-order valence-electron chi connectivity index (χ3n) is 3.25. The van der Waals surface area contributed by atoms with Crippen LogP contribution in [-0.2, 0) is 12.0 Å². The minimum Gasteiger partial charge on any atom is -0.496 e. The van der Waals surface area contributed by atoms with E-state index in [1.807, 2.05) is 20.0 Å². The molecule has 0 radical (unpaired) electrons. The summed E-state index contributed by atoms with van der Waals surface area (Å²) in [7, 11) is 1.68. The first kappa shape index (κ1) is 14.4. The van der Waals surface area contributed by atoms with E-state index < -0.39 is 0 Å². The van der Waals surface area contributed by atoms with Crippen LogP contribution in [0.15, 0.2) is 6.20 Å². The van der Waals surface area contributed by atoms with Crippen molar-refractivity contribution in [1.82, 2.24) is 25.2 Å². The van der Waals surface area contributed by atoms with E-state index >= 15 is 0 Å². The molecule has 108 valence electrons. The topological polar surface area (TPSA) is 65.7 Å². The van der Waals surface area contributed by atoms with E-state index in [9.17, 15) is 0 Å². The number of ether oxygens (including phenoxy) is 1. The number of aryl methyl sites for hydroxylation is 1. The van der Waals surface area contributed by atoms with Crippen LogP contribution in [0.5, 0.6) is 5.75 Å². The Hall–Kier alpha value is -1.98. The normalized spacial score (nSPS) is 11.7. The summed E-state index contributed by atoms with van der Waals surface area (Å²) in [6.07, 6.45) is 1.82. The molecule has 0 aliphatic heterocycles. The molecule has 0 aromatic carbocycles. The maximum atomic E-state index is 5.43. The van der Waals surface area contributed by atoms with Crippen LogP contribution < -0.4 is 4.74 Å². The van der Waals surface area contributed by atoms with Gasteiger partial charge in [-0.15, -0.1) is 5.10 Å². The summed E-state index contributed by atoms with van der Waals surface area (Å²) < 4.78 is 7.23. The maximum absolute atomic E-state index is 5.43. The van der Waals surface area contributed by atoms with E-state index in [1.54, 1.807) is 11.8 Å². The maximum Gasteiger partial charge on any atom is 0.157 e. The van der Waals surface area contributed by atoms with E-state index in [0.29, 0.717) is 6.54 Å². The molecule has 20 heavy (non-hydrogen) atoms. The summed E-state index contributed by atoms with van der Waals surface area (Å²) in [5, 5.41) is 12.0. The van der Waals surface area contributed by atoms with Gasteiger partial charge in [-0.05, 0) is 24.3 Å². The Morgan fingerprint density at radius 1 is 1.25 bits per heavy atom. The molecule has 6 heteroatoms. The first-order valence-electron chi connectivity index (χ1n) is 6.60. The van der Waals surface area contributed by atoms with Crippen LogP contribution in [0.3, 0.4) is 0 Å². The largest absolute Gasteiger partial charge is 0.496 e. The second-order valence-corrected chi connectivity index (χ2v) is 5.96. The second-order valence-electron chi connectivity index (χ2n) is 5.96. The molecule has 0 aliphatic carbocycles. The number of pyridine rings is 1. The molecule has 0 N–H and O–H groups in total. The van der Waals surface area contributed by atoms with Crippen molar-refractivity contribution >= 4 is 0 Å². The van der Waals surface area contributed by atoms with Crippen LogP contribution in [0, 0.1) is 13.8 Å². The highest BCUT2D eigenvalue weighted by Gasteiger charge is 2.22. The van der Waals surface area contributed by atoms with Crippen molar-refractivity contribution in [3.8, 4) is 5.75 Å². The van der Waals surface area contributed by atoms with Crippen molar-refractivity contribution in [2.75, 3.05) is 7.11 Å². The predicted octanol–water partition coefficient (Wildman–Crippen LogP) is 2.04. The molecule has 0 fully saturated rings. The zero-order valence-corrected chi connectivity index (χ0v) is 12.9. The SMILES string of the molecule is COc1c(C)cnc(Cn2nnnc2C(C)(C)C)c1C. The van der Waals surface area contributed by atoms with Gasteiger partial charge in [0.15, 0.2) is 5.82 Å². The smallest absolute Gasteiger partial charge is 0.157 e. The molecule has 0 unspecified atom stereocenters. The summed E-state index contributed by atoms with van der Waals surface area (Å²) in [5.74, 6) is 1.72. The number of hydrogen-bond donors (Lipinski definition) is 0. The Morgan fingerprint density at radius 3 is 2.55 bits per heavy atom. The van der Waals surface area contributed by atoms with Gasteiger partial charge in [-0.1, -0.05) is 20.8 Å². The van der Waals surface area contributed by atoms with E-state index in [4.69, 9.17) is 4.74 Å². The summed E-state index contributed by atoms with van der Waals surface area (Å²) in [5.41, 5.74) is 2.88. The van der Waals surface area contributed by atoms with Crippen LogP contribution in [0.2, 0.25) is 0 Å². The van der Waals surface area contributed by atoms with Crippen molar-refractivity contribution in [2.45, 2.75) is 46.6 Å². The van der Waals surface area contributed by atoms with Crippen molar-refractivity contribution < 1.29 is 4.74 Å². The Bertz CT molecular complexity index is 613. The van der Waals surface area contributed by atoms with Gasteiger partial charge in [0.05, 0.1) is 19.3 Å². The molecular weight excluding hydrogens is 254 g/mol. The third-order valence-corrected chi connectivity index (χ3v) is 3.25. The molecule has 2 aromatic rings. The van der Waals surface area contributed by atoms with Gasteiger partial charge in [-0.2, -0.15) is 0 Å². The standard InChI is InChI=1S/C14H21N5O/c1-9-7-15-11(10(2)12(9)20-6)8-19-13(14(3,4)5)16-17-18-19/h7H,8H2,1-6H3. The lowest BCUT2D eigenvalue weighted by Crippen LogP contribution is -2.21. The van der Waals surface area contributed by atoms with Gasteiger partial charge >= 0.3 is 0 Å². The Balaban J connectivity index is 2.39. The van der Waals surface area contributed by atoms with Gasteiger partial charge in [0.2, 0.25) is 0 Å². The van der Waals surface area contributed by atoms with Gasteiger partial charge in [0, 0.05) is 22.7 Å². The molecule has 0 atom stereocenters. The van der Waals surface area contributed by atoms with Gasteiger partial charge in [0.1, 0.15) is 5.75 Å². The van der Waals surface area contributed by atoms with Crippen molar-refractivity contribution in [3.63, 3.8) is 0 Å². The Morgan fingerprint density at radius 2 is 1.95 bits per heavy atom. The van der Waals surface area contributed by atoms with Gasteiger partial charge in [0.25, 0.3) is 0 Å². The van der Waals surface area contributed by atoms with Crippen LogP contribution in [-0.4, -0.2) is 32.3 Å². The van der Waals surface area contributed by atoms with Crippen LogP contribution in [0.25, 0.3) is 0 Å². The van der Waals surface area contributed by atoms with E-state index in [2.05, 4.69) is 41.3 Å². The number of hydrogen-bond acceptors (Lipinski definition) is 5. The zero-order valence-electron chi connectivity index (χ0n) is 12.9. The molecule has 0 bridgehead atoms. The van der Waals surface area contributed by atoms with E-state index in [-0.39, 0.29) is 5.41 Å². The lowest BCUT2D eigenvalue weighted by Gasteiger charge is -2.18. The van der Waals surface area contributed by atoms with Gasteiger partial charge < -0.3 is 4.74 Å². The average Bonchev–Trinajstić information content (AvgIpc) is 2.81. The minimum absolute atomic E-state index is 0.105. The fraction of sp³-hybridized carbons (Fsp3) is 0.571. The number of methoxy groups -OCH3 is 1. The Kier molecular flexibility index (Phi) is 3.74. The number of aromatic nitrogens is 5. The number of nitrogens with zero attached hydrogens (tertiary/aromatic N) is 5. The van der Waals surface area contributed by atoms with Crippen LogP contribution in [0.1, 0.15) is 43.4 Å². The molecule has 6 nitrogen and oxygen atoms in total. The first-order chi connectivity index (χ1) is 9.34. The molecule has 2 rings (SSSR count). The molecular formula is C14H21N5O. The number of tetrazole rings is 1. The average molecular weight is 275 g/mol. The fourth-order valence-corrected chi connectivity index (χ4v) is 2.22. The second kappa shape index (κ2) is 5.19. The van der Waals surface area contributed by atoms with Gasteiger partial charge in [-0.3, -0.25) is 4.98 Å². The predicted molar refractivity (Wildman–Crippen MR) is 75.9 cm³/mol. The summed E-state index contributed by atoms with van der Waals surface area (Å²) in [6.45, 7) is 10.8. The van der Waals surface area contributed by atoms with Crippen molar-refractivity contribution in [2.24, 2.45) is 0 Å². The van der Waals surface area contributed by atoms with Crippen LogP contribution >= 0.6 is 0 Å². The summed E-state index contributed by atoms with van der Waals surface area (Å²) in [4.78, 5) is 4.49. The van der Waals surface area contributed by atoms with Gasteiger partial charge in [-0.25, -0.2) is 4.68 Å². The third kappa shape index (κ3) is 2.64. The highest BCUT2D eigenvalue weighted by Crippen LogP contribution is 2.25. The van der Waals surface area contributed by atoms with E-state index in [1.165, 1.54) is 0 Å². The molecule has 2 heterocycles. The van der Waals surface area contributed by atoms with Crippen LogP contribution in [0.4, 0.5) is 0 Å². The highest BCUT2D eigenvalue weighted by atomic mass is 16.5. The zero-order chi connectivity index (χ0) is 14.9. The van der Waals surface area contributed by atoms with Crippen molar-refractivity contribution in [3.05, 3.63) is 28.8 Å². The summed E-state index contributed by atoms with van der Waals surface area (Å²) in [6, 6.07) is 0. The minimum atomic E-state index is -0.105. The highest BCUT2D eigenvalue weighted by molar-refractivity contribution is 5.41. The Labute approximate surface area is 119 Å². The molecule has 0 amide bonds. The lowest BCUT2D eigenvalue weighted by atomic mass is 9.96. The quantitative estimate of drug-likeness (QED) is 0.857. The fourth-order valence-electron chi connectivity index (χ4n) is 2.22. The molecule has 0 spiro atoms. The number of rotatable bonds is 3. The van der Waals surface area contributed by atoms with E-state index in [0.717, 1.165) is 28.4 Å². The molecule has 0 aliphatic rings. The molecule has 0 saturated heterocycles. The first-order valence-corrected chi connectivity index (χ1v) is 6.60. The molecule has 0 saturated carbocycles. The van der Waals surface area contributed by atoms with Crippen molar-refractivity contribution in [1.29, 1.82) is 0 Å².